The molecule has 8 aliphatic carbocycles. The minimum Gasteiger partial charge on any atom is -0.465 e. The largest absolute Gasteiger partial charge is 0.465 e. The van der Waals surface area contributed by atoms with Crippen molar-refractivity contribution in [1.29, 1.82) is 0 Å². The summed E-state index contributed by atoms with van der Waals surface area (Å²) >= 11 is 0. The van der Waals surface area contributed by atoms with Crippen LogP contribution in [0.15, 0.2) is 24.3 Å². The van der Waals surface area contributed by atoms with Crippen LogP contribution in [0.3, 0.4) is 0 Å². The molecule has 12 nitrogen and oxygen atoms in total. The third-order valence-electron chi connectivity index (χ3n) is 25.2. The molecule has 8 aliphatic rings. The fourth-order valence-corrected chi connectivity index (χ4v) is 15.4. The first-order valence-electron chi connectivity index (χ1n) is 41.1. The van der Waals surface area contributed by atoms with Crippen molar-refractivity contribution in [2.24, 2.45) is 56.7 Å². The summed E-state index contributed by atoms with van der Waals surface area (Å²) < 4.78 is 40.3. The van der Waals surface area contributed by atoms with E-state index in [1.807, 2.05) is 118 Å². The van der Waals surface area contributed by atoms with Crippen LogP contribution in [0.4, 0.5) is 0 Å². The van der Waals surface area contributed by atoms with E-state index in [0.717, 1.165) is 119 Å². The zero-order valence-electron chi connectivity index (χ0n) is 69.5. The normalized spacial score (nSPS) is 23.3. The summed E-state index contributed by atoms with van der Waals surface area (Å²) in [6.07, 6.45) is 39.5. The number of hydrogen-bond donors (Lipinski definition) is 0. The highest BCUT2D eigenvalue weighted by molar-refractivity contribution is 5.78. The van der Waals surface area contributed by atoms with E-state index in [4.69, 9.17) is 33.2 Å². The average molecular weight is 1410 g/mol. The van der Waals surface area contributed by atoms with Crippen LogP contribution < -0.4 is 4.74 Å². The molecule has 0 N–H and O–H groups in total. The number of esters is 5. The molecule has 8 saturated carbocycles. The van der Waals surface area contributed by atoms with Crippen molar-refractivity contribution in [2.45, 2.75) is 432 Å². The summed E-state index contributed by atoms with van der Waals surface area (Å²) in [7, 11) is 0. The van der Waals surface area contributed by atoms with E-state index in [1.54, 1.807) is 0 Å². The summed E-state index contributed by atoms with van der Waals surface area (Å²) in [5, 5.41) is 0. The summed E-state index contributed by atoms with van der Waals surface area (Å²) in [6, 6.07) is 8.45. The molecule has 3 atom stereocenters. The molecule has 1 aromatic carbocycles. The molecule has 0 aliphatic heterocycles. The average Bonchev–Trinajstić information content (AvgIpc) is 0.783. The Hall–Kier alpha value is -3.67. The Balaban J connectivity index is 0.000000316. The molecule has 100 heavy (non-hydrogen) atoms. The quantitative estimate of drug-likeness (QED) is 0.0521. The van der Waals surface area contributed by atoms with Crippen LogP contribution in [0.2, 0.25) is 0 Å². The topological polar surface area (TPSA) is 150 Å². The van der Waals surface area contributed by atoms with E-state index in [0.29, 0.717) is 5.92 Å². The van der Waals surface area contributed by atoms with Crippen molar-refractivity contribution >= 4 is 29.8 Å². The van der Waals surface area contributed by atoms with Crippen molar-refractivity contribution in [2.75, 3.05) is 6.61 Å². The molecule has 0 saturated heterocycles. The van der Waals surface area contributed by atoms with Gasteiger partial charge in [0.15, 0.2) is 6.29 Å². The van der Waals surface area contributed by atoms with Gasteiger partial charge in [-0.15, -0.1) is 0 Å². The lowest BCUT2D eigenvalue weighted by Crippen LogP contribution is -2.58. The summed E-state index contributed by atoms with van der Waals surface area (Å²) in [5.74, 6) is 4.95. The third kappa shape index (κ3) is 29.0. The fraction of sp³-hybridized carbons (Fsp3) is 0.875. The Morgan fingerprint density at radius 1 is 0.470 bits per heavy atom. The van der Waals surface area contributed by atoms with Gasteiger partial charge >= 0.3 is 29.8 Å². The molecule has 3 unspecified atom stereocenters. The summed E-state index contributed by atoms with van der Waals surface area (Å²) in [4.78, 5) is 59.8. The summed E-state index contributed by atoms with van der Waals surface area (Å²) in [5.41, 5.74) is -0.890. The van der Waals surface area contributed by atoms with Gasteiger partial charge < -0.3 is 33.2 Å². The van der Waals surface area contributed by atoms with E-state index < -0.39 is 0 Å². The molecule has 580 valence electrons. The van der Waals surface area contributed by atoms with E-state index in [9.17, 15) is 24.0 Å². The molecule has 8 fully saturated rings. The highest BCUT2D eigenvalue weighted by Crippen LogP contribution is 2.64. The monoisotopic (exact) mass is 1410 g/mol. The van der Waals surface area contributed by atoms with Crippen LogP contribution in [-0.2, 0) is 52.4 Å². The number of benzene rings is 1. The van der Waals surface area contributed by atoms with Crippen molar-refractivity contribution in [3.8, 4) is 5.75 Å². The summed E-state index contributed by atoms with van der Waals surface area (Å²) in [6.45, 7) is 51.4. The van der Waals surface area contributed by atoms with Crippen LogP contribution in [0.5, 0.6) is 5.75 Å². The van der Waals surface area contributed by atoms with Crippen molar-refractivity contribution in [3.63, 3.8) is 0 Å². The van der Waals surface area contributed by atoms with E-state index >= 15 is 0 Å². The lowest BCUT2D eigenvalue weighted by Gasteiger charge is -2.61. The molecule has 1 aromatic rings. The van der Waals surface area contributed by atoms with Crippen LogP contribution >= 0.6 is 0 Å². The van der Waals surface area contributed by atoms with Crippen LogP contribution in [-0.4, -0.2) is 70.7 Å². The molecule has 4 bridgehead atoms. The second kappa shape index (κ2) is 40.7. The SMILES string of the molecule is CCC(C)(C)C(=O)OC(C)(C)C.CCC(C)(C)C(=O)OC(C)(C)C12CC3CC(CC(C3)C1)C2.CCC(C)C(=O)OC1(C)CCCCC1.CCC(C)c1ccc(OC(C)OCCC2CCCCC2)cc1.CCC1(OC(=O)C(C)(C)CC)CCCC1.CCC1(OC(=O)C(C)(C)CC)CCCCC1. The molecule has 0 radical (unpaired) electrons. The van der Waals surface area contributed by atoms with E-state index in [-0.39, 0.29) is 97.1 Å². The lowest BCUT2D eigenvalue weighted by atomic mass is 9.46. The first-order valence-corrected chi connectivity index (χ1v) is 41.1. The molecular weight excluding hydrogens is 1250 g/mol. The Kier molecular flexibility index (Phi) is 36.9. The first-order chi connectivity index (χ1) is 46.5. The maximum atomic E-state index is 12.6. The molecule has 12 heteroatoms. The number of ether oxygens (including phenoxy) is 7. The minimum atomic E-state index is -0.372. The van der Waals surface area contributed by atoms with Crippen molar-refractivity contribution < 1.29 is 57.1 Å². The standard InChI is InChI=1S/C20H32O2.C19H32O2.C14H26O2.C13H24O2.C12H22O2.C10H20O2/c1-4-16(2)19-10-12-20(13-11-19)22-17(3)21-15-14-18-8-6-5-7-9-18;1-6-17(2,3)16(20)21-18(4,5)19-10-13-7-14(11-19)9-15(8-13)12-19;1-5-13(3,4)12(15)16-14(6-2)10-8-7-9-11-14;1-5-12(3,4)11(14)15-13(6-2)9-7-8-10-13;1-4-10(2)11(13)14-12(3)8-6-5-7-9-12;1-7-10(5,6)8(11)12-9(2,3)4/h10-13,16-18H,4-9,14-15H2,1-3H3;13-15H,6-12H2,1-5H3;5-11H2,1-4H3;5-10H2,1-4H3;10H,4-9H2,1-3H3;7H2,1-6H3. The van der Waals surface area contributed by atoms with Gasteiger partial charge in [-0.25, -0.2) is 0 Å². The smallest absolute Gasteiger partial charge is 0.312 e. The van der Waals surface area contributed by atoms with Gasteiger partial charge in [0.2, 0.25) is 0 Å². The predicted octanol–water partition coefficient (Wildman–Crippen LogP) is 24.7. The van der Waals surface area contributed by atoms with Gasteiger partial charge in [0.1, 0.15) is 33.8 Å². The zero-order valence-corrected chi connectivity index (χ0v) is 69.5. The second-order valence-corrected chi connectivity index (χ2v) is 36.6. The van der Waals surface area contributed by atoms with Crippen molar-refractivity contribution in [3.05, 3.63) is 29.8 Å². The van der Waals surface area contributed by atoms with Crippen molar-refractivity contribution in [1.82, 2.24) is 0 Å². The molecule has 0 amide bonds. The van der Waals surface area contributed by atoms with E-state index in [2.05, 4.69) is 79.7 Å². The van der Waals surface area contributed by atoms with Crippen LogP contribution in [0.1, 0.15) is 403 Å². The van der Waals surface area contributed by atoms with Gasteiger partial charge in [-0.3, -0.25) is 24.0 Å². The van der Waals surface area contributed by atoms with Crippen LogP contribution in [0, 0.1) is 56.7 Å². The first kappa shape index (κ1) is 90.5. The molecular formula is C88H156O12. The van der Waals surface area contributed by atoms with Gasteiger partial charge in [0.25, 0.3) is 0 Å². The third-order valence-corrected chi connectivity index (χ3v) is 25.2. The number of carbonyl (C=O) groups excluding carboxylic acids is 5. The molecule has 0 heterocycles. The number of hydrogen-bond acceptors (Lipinski definition) is 12. The maximum Gasteiger partial charge on any atom is 0.312 e. The zero-order chi connectivity index (χ0) is 75.6. The Labute approximate surface area is 614 Å². The Morgan fingerprint density at radius 3 is 1.23 bits per heavy atom. The lowest BCUT2D eigenvalue weighted by molar-refractivity contribution is -0.206. The van der Waals surface area contributed by atoms with E-state index in [1.165, 1.54) is 140 Å². The maximum absolute atomic E-state index is 12.6. The predicted molar refractivity (Wildman–Crippen MR) is 412 cm³/mol. The molecule has 0 spiro atoms. The second-order valence-electron chi connectivity index (χ2n) is 36.6. The number of carbonyl (C=O) groups is 5. The van der Waals surface area contributed by atoms with Gasteiger partial charge in [0, 0.05) is 5.41 Å². The molecule has 0 aromatic heterocycles. The van der Waals surface area contributed by atoms with Gasteiger partial charge in [-0.1, -0.05) is 126 Å². The number of rotatable bonds is 25. The minimum absolute atomic E-state index is 0.00857. The Morgan fingerprint density at radius 2 is 0.850 bits per heavy atom. The van der Waals surface area contributed by atoms with Gasteiger partial charge in [-0.2, -0.15) is 0 Å². The van der Waals surface area contributed by atoms with Crippen LogP contribution in [0.25, 0.3) is 0 Å². The van der Waals surface area contributed by atoms with Gasteiger partial charge in [-0.05, 0) is 325 Å². The Bertz CT molecular complexity index is 2500. The molecule has 9 rings (SSSR count). The fourth-order valence-electron chi connectivity index (χ4n) is 15.4. The highest BCUT2D eigenvalue weighted by atomic mass is 16.7. The van der Waals surface area contributed by atoms with Gasteiger partial charge in [0.05, 0.1) is 34.2 Å². The highest BCUT2D eigenvalue weighted by Gasteiger charge is 2.59.